The summed E-state index contributed by atoms with van der Waals surface area (Å²) in [6.07, 6.45) is 6.89. The number of pyridine rings is 1. The number of hydrogen-bond acceptors (Lipinski definition) is 2. The van der Waals surface area contributed by atoms with Crippen LogP contribution in [0.25, 0.3) is 5.57 Å². The first-order chi connectivity index (χ1) is 7.74. The van der Waals surface area contributed by atoms with Crippen molar-refractivity contribution in [3.05, 3.63) is 34.1 Å². The van der Waals surface area contributed by atoms with Crippen LogP contribution < -0.4 is 5.32 Å². The average molecular weight is 279 g/mol. The smallest absolute Gasteiger partial charge is 0.109 e. The first kappa shape index (κ1) is 10.5. The van der Waals surface area contributed by atoms with Gasteiger partial charge in [0.25, 0.3) is 0 Å². The highest BCUT2D eigenvalue weighted by atomic mass is 79.9. The van der Waals surface area contributed by atoms with Gasteiger partial charge in [-0.15, -0.1) is 0 Å². The minimum absolute atomic E-state index is 0.610. The molecule has 0 radical (unpaired) electrons. The predicted octanol–water partition coefficient (Wildman–Crippen LogP) is 2.92. The molecule has 0 amide bonds. The van der Waals surface area contributed by atoms with Gasteiger partial charge in [-0.25, -0.2) is 4.98 Å². The fourth-order valence-corrected chi connectivity index (χ4v) is 2.94. The minimum atomic E-state index is 0.610. The molecule has 16 heavy (non-hydrogen) atoms. The first-order valence-electron chi connectivity index (χ1n) is 5.80. The number of aromatic nitrogens is 1. The molecule has 2 heterocycles. The second kappa shape index (κ2) is 3.97. The second-order valence-corrected chi connectivity index (χ2v) is 5.51. The number of fused-ring (bicyclic) bond motifs is 1. The van der Waals surface area contributed by atoms with Gasteiger partial charge in [0.1, 0.15) is 4.60 Å². The Morgan fingerprint density at radius 2 is 2.38 bits per heavy atom. The zero-order valence-corrected chi connectivity index (χ0v) is 10.9. The third kappa shape index (κ3) is 1.72. The van der Waals surface area contributed by atoms with E-state index in [2.05, 4.69) is 45.3 Å². The van der Waals surface area contributed by atoms with Gasteiger partial charge in [0.2, 0.25) is 0 Å². The maximum atomic E-state index is 4.37. The number of rotatable bonds is 1. The van der Waals surface area contributed by atoms with E-state index in [1.807, 2.05) is 6.20 Å². The van der Waals surface area contributed by atoms with Crippen LogP contribution in [-0.2, 0) is 0 Å². The fraction of sp³-hybridized carbons (Fsp3) is 0.462. The molecule has 2 nitrogen and oxygen atoms in total. The lowest BCUT2D eigenvalue weighted by Crippen LogP contribution is -2.20. The maximum absolute atomic E-state index is 4.37. The van der Waals surface area contributed by atoms with Gasteiger partial charge in [0.05, 0.1) is 0 Å². The van der Waals surface area contributed by atoms with Crippen molar-refractivity contribution in [3.63, 3.8) is 0 Å². The second-order valence-electron chi connectivity index (χ2n) is 4.76. The summed E-state index contributed by atoms with van der Waals surface area (Å²) >= 11 is 3.44. The van der Waals surface area contributed by atoms with Crippen LogP contribution in [0.4, 0.5) is 0 Å². The van der Waals surface area contributed by atoms with Gasteiger partial charge in [0, 0.05) is 12.2 Å². The van der Waals surface area contributed by atoms with Crippen molar-refractivity contribution in [2.75, 3.05) is 6.54 Å². The normalized spacial score (nSPS) is 28.0. The molecule has 1 N–H and O–H groups in total. The third-order valence-corrected chi connectivity index (χ3v) is 4.48. The van der Waals surface area contributed by atoms with Crippen LogP contribution in [0.5, 0.6) is 0 Å². The molecule has 1 saturated heterocycles. The summed E-state index contributed by atoms with van der Waals surface area (Å²) < 4.78 is 0.952. The lowest BCUT2D eigenvalue weighted by atomic mass is 9.99. The molecule has 0 bridgehead atoms. The number of hydrogen-bond donors (Lipinski definition) is 1. The SMILES string of the molecule is Cc1cc(C2=C[C@@H]3NCC[C@@H]3C2)cnc1Br. The van der Waals surface area contributed by atoms with Gasteiger partial charge < -0.3 is 5.32 Å². The molecule has 84 valence electrons. The van der Waals surface area contributed by atoms with Gasteiger partial charge in [0.15, 0.2) is 0 Å². The van der Waals surface area contributed by atoms with Crippen molar-refractivity contribution in [2.45, 2.75) is 25.8 Å². The topological polar surface area (TPSA) is 24.9 Å². The maximum Gasteiger partial charge on any atom is 0.109 e. The summed E-state index contributed by atoms with van der Waals surface area (Å²) in [6.45, 7) is 3.27. The number of aryl methyl sites for hydroxylation is 1. The quantitative estimate of drug-likeness (QED) is 0.799. The monoisotopic (exact) mass is 278 g/mol. The van der Waals surface area contributed by atoms with Gasteiger partial charge in [-0.1, -0.05) is 6.08 Å². The minimum Gasteiger partial charge on any atom is -0.310 e. The standard InChI is InChI=1S/C13H15BrN2/c1-8-4-11(7-16-13(8)14)10-5-9-2-3-15-12(9)6-10/h4,6-7,9,12,15H,2-3,5H2,1H3/t9-,12+/m1/s1. The third-order valence-electron chi connectivity index (χ3n) is 3.65. The largest absolute Gasteiger partial charge is 0.310 e. The Kier molecular flexibility index (Phi) is 2.60. The molecule has 1 aromatic rings. The van der Waals surface area contributed by atoms with E-state index in [4.69, 9.17) is 0 Å². The molecule has 3 heteroatoms. The highest BCUT2D eigenvalue weighted by molar-refractivity contribution is 9.10. The van der Waals surface area contributed by atoms with Crippen LogP contribution in [0.3, 0.4) is 0 Å². The van der Waals surface area contributed by atoms with E-state index >= 15 is 0 Å². The van der Waals surface area contributed by atoms with Crippen LogP contribution in [-0.4, -0.2) is 17.6 Å². The Hall–Kier alpha value is -0.670. The van der Waals surface area contributed by atoms with E-state index in [1.54, 1.807) is 0 Å². The molecule has 0 saturated carbocycles. The lowest BCUT2D eigenvalue weighted by molar-refractivity contribution is 0.553. The van der Waals surface area contributed by atoms with E-state index in [9.17, 15) is 0 Å². The summed E-state index contributed by atoms with van der Waals surface area (Å²) in [5, 5.41) is 3.54. The Labute approximate surface area is 104 Å². The number of nitrogens with zero attached hydrogens (tertiary/aromatic N) is 1. The van der Waals surface area contributed by atoms with E-state index in [-0.39, 0.29) is 0 Å². The molecule has 1 aliphatic heterocycles. The van der Waals surface area contributed by atoms with Crippen molar-refractivity contribution < 1.29 is 0 Å². The van der Waals surface area contributed by atoms with Crippen molar-refractivity contribution in [1.82, 2.24) is 10.3 Å². The van der Waals surface area contributed by atoms with Gasteiger partial charge in [-0.2, -0.15) is 0 Å². The van der Waals surface area contributed by atoms with Crippen LogP contribution in [0.15, 0.2) is 22.9 Å². The van der Waals surface area contributed by atoms with Crippen LogP contribution in [0.1, 0.15) is 24.0 Å². The van der Waals surface area contributed by atoms with Crippen molar-refractivity contribution in [2.24, 2.45) is 5.92 Å². The summed E-state index contributed by atoms with van der Waals surface area (Å²) in [7, 11) is 0. The molecule has 3 rings (SSSR count). The summed E-state index contributed by atoms with van der Waals surface area (Å²) in [5.41, 5.74) is 3.96. The van der Waals surface area contributed by atoms with Gasteiger partial charge in [-0.05, 0) is 70.9 Å². The van der Waals surface area contributed by atoms with Crippen LogP contribution in [0, 0.1) is 12.8 Å². The first-order valence-corrected chi connectivity index (χ1v) is 6.60. The number of allylic oxidation sites excluding steroid dienone is 1. The van der Waals surface area contributed by atoms with Crippen molar-refractivity contribution in [1.29, 1.82) is 0 Å². The molecule has 2 atom stereocenters. The summed E-state index contributed by atoms with van der Waals surface area (Å²) in [4.78, 5) is 4.37. The molecule has 0 spiro atoms. The molecular weight excluding hydrogens is 264 g/mol. The number of halogens is 1. The van der Waals surface area contributed by atoms with Crippen LogP contribution >= 0.6 is 15.9 Å². The zero-order chi connectivity index (χ0) is 11.1. The van der Waals surface area contributed by atoms with E-state index in [1.165, 1.54) is 36.1 Å². The average Bonchev–Trinajstić information content (AvgIpc) is 2.81. The summed E-state index contributed by atoms with van der Waals surface area (Å²) in [6, 6.07) is 2.84. The van der Waals surface area contributed by atoms with Crippen LogP contribution in [0.2, 0.25) is 0 Å². The van der Waals surface area contributed by atoms with E-state index < -0.39 is 0 Å². The van der Waals surface area contributed by atoms with Gasteiger partial charge >= 0.3 is 0 Å². The predicted molar refractivity (Wildman–Crippen MR) is 69.2 cm³/mol. The molecule has 2 aliphatic rings. The summed E-state index contributed by atoms with van der Waals surface area (Å²) in [5.74, 6) is 0.818. The molecule has 1 fully saturated rings. The lowest BCUT2D eigenvalue weighted by Gasteiger charge is -2.07. The van der Waals surface area contributed by atoms with Crippen molar-refractivity contribution in [3.8, 4) is 0 Å². The molecule has 0 aromatic carbocycles. The highest BCUT2D eigenvalue weighted by Gasteiger charge is 2.31. The Morgan fingerprint density at radius 3 is 3.12 bits per heavy atom. The Bertz CT molecular complexity index is 453. The Balaban J connectivity index is 1.90. The fourth-order valence-electron chi connectivity index (χ4n) is 2.72. The van der Waals surface area contributed by atoms with E-state index in [0.717, 1.165) is 10.5 Å². The molecule has 1 aromatic heterocycles. The van der Waals surface area contributed by atoms with Crippen molar-refractivity contribution >= 4 is 21.5 Å². The zero-order valence-electron chi connectivity index (χ0n) is 9.33. The van der Waals surface area contributed by atoms with E-state index in [0.29, 0.717) is 6.04 Å². The number of nitrogens with one attached hydrogen (secondary N) is 1. The molecule has 1 aliphatic carbocycles. The molecular formula is C13H15BrN2. The highest BCUT2D eigenvalue weighted by Crippen LogP contribution is 2.37. The molecule has 0 unspecified atom stereocenters. The van der Waals surface area contributed by atoms with Gasteiger partial charge in [-0.3, -0.25) is 0 Å². The Morgan fingerprint density at radius 1 is 1.50 bits per heavy atom.